The van der Waals surface area contributed by atoms with Crippen LogP contribution in [0.4, 0.5) is 5.69 Å². The summed E-state index contributed by atoms with van der Waals surface area (Å²) in [7, 11) is 0. The van der Waals surface area contributed by atoms with Gasteiger partial charge in [0.25, 0.3) is 5.91 Å². The summed E-state index contributed by atoms with van der Waals surface area (Å²) >= 11 is 0. The number of aromatic nitrogens is 2. The molecule has 100 valence electrons. The van der Waals surface area contributed by atoms with Gasteiger partial charge in [-0.05, 0) is 43.7 Å². The van der Waals surface area contributed by atoms with E-state index >= 15 is 0 Å². The molecule has 2 rings (SSSR count). The van der Waals surface area contributed by atoms with E-state index in [2.05, 4.69) is 10.4 Å². The fourth-order valence-electron chi connectivity index (χ4n) is 1.81. The SMILES string of the molecule is CCc1cc(C(=O)Nc2ccc(O)cc2)n(CC)n1. The summed E-state index contributed by atoms with van der Waals surface area (Å²) in [4.78, 5) is 12.2. The summed E-state index contributed by atoms with van der Waals surface area (Å²) in [5.74, 6) is -0.0235. The van der Waals surface area contributed by atoms with Gasteiger partial charge in [0.05, 0.1) is 5.69 Å². The Morgan fingerprint density at radius 3 is 2.58 bits per heavy atom. The Morgan fingerprint density at radius 1 is 1.32 bits per heavy atom. The smallest absolute Gasteiger partial charge is 0.273 e. The quantitative estimate of drug-likeness (QED) is 0.829. The Bertz CT molecular complexity index is 573. The van der Waals surface area contributed by atoms with Crippen LogP contribution in [-0.2, 0) is 13.0 Å². The maximum absolute atomic E-state index is 12.2. The van der Waals surface area contributed by atoms with Crippen molar-refractivity contribution in [2.75, 3.05) is 5.32 Å². The predicted molar refractivity (Wildman–Crippen MR) is 73.3 cm³/mol. The Labute approximate surface area is 111 Å². The van der Waals surface area contributed by atoms with Gasteiger partial charge in [-0.25, -0.2) is 0 Å². The molecule has 19 heavy (non-hydrogen) atoms. The molecule has 0 aliphatic rings. The molecule has 0 unspecified atom stereocenters. The number of phenols is 1. The molecule has 0 bridgehead atoms. The van der Waals surface area contributed by atoms with Gasteiger partial charge < -0.3 is 10.4 Å². The number of benzene rings is 1. The second kappa shape index (κ2) is 5.56. The largest absolute Gasteiger partial charge is 0.508 e. The average Bonchev–Trinajstić information content (AvgIpc) is 2.85. The van der Waals surface area contributed by atoms with Gasteiger partial charge in [0, 0.05) is 12.2 Å². The van der Waals surface area contributed by atoms with Gasteiger partial charge in [0.2, 0.25) is 0 Å². The number of aryl methyl sites for hydroxylation is 2. The highest BCUT2D eigenvalue weighted by atomic mass is 16.3. The van der Waals surface area contributed by atoms with Gasteiger partial charge in [-0.15, -0.1) is 0 Å². The number of nitrogens with zero attached hydrogens (tertiary/aromatic N) is 2. The van der Waals surface area contributed by atoms with Gasteiger partial charge >= 0.3 is 0 Å². The molecule has 2 N–H and O–H groups in total. The van der Waals surface area contributed by atoms with E-state index < -0.39 is 0 Å². The summed E-state index contributed by atoms with van der Waals surface area (Å²) in [6.07, 6.45) is 0.798. The van der Waals surface area contributed by atoms with E-state index in [0.29, 0.717) is 17.9 Å². The Kier molecular flexibility index (Phi) is 3.85. The normalized spacial score (nSPS) is 10.4. The molecule has 0 saturated heterocycles. The number of hydrogen-bond acceptors (Lipinski definition) is 3. The minimum Gasteiger partial charge on any atom is -0.508 e. The van der Waals surface area contributed by atoms with E-state index in [4.69, 9.17) is 0 Å². The third-order valence-electron chi connectivity index (χ3n) is 2.85. The van der Waals surface area contributed by atoms with Crippen LogP contribution >= 0.6 is 0 Å². The molecule has 5 nitrogen and oxygen atoms in total. The molecule has 0 atom stereocenters. The maximum Gasteiger partial charge on any atom is 0.273 e. The minimum atomic E-state index is -0.195. The van der Waals surface area contributed by atoms with Crippen LogP contribution < -0.4 is 5.32 Å². The van der Waals surface area contributed by atoms with Gasteiger partial charge in [-0.1, -0.05) is 6.92 Å². The highest BCUT2D eigenvalue weighted by Gasteiger charge is 2.14. The van der Waals surface area contributed by atoms with Crippen molar-refractivity contribution in [2.45, 2.75) is 26.8 Å². The molecular formula is C14H17N3O2. The van der Waals surface area contributed by atoms with Crippen LogP contribution in [0.15, 0.2) is 30.3 Å². The van der Waals surface area contributed by atoms with Crippen LogP contribution in [0.5, 0.6) is 5.75 Å². The van der Waals surface area contributed by atoms with Crippen LogP contribution in [-0.4, -0.2) is 20.8 Å². The molecule has 5 heteroatoms. The molecule has 0 saturated carbocycles. The van der Waals surface area contributed by atoms with E-state index in [-0.39, 0.29) is 11.7 Å². The predicted octanol–water partition coefficient (Wildman–Crippen LogP) is 2.42. The number of anilines is 1. The standard InChI is InChI=1S/C14H17N3O2/c1-3-10-9-13(17(4-2)16-10)14(19)15-11-5-7-12(18)8-6-11/h5-9,18H,3-4H2,1-2H3,(H,15,19). The lowest BCUT2D eigenvalue weighted by Crippen LogP contribution is -2.17. The van der Waals surface area contributed by atoms with E-state index in [1.807, 2.05) is 13.8 Å². The number of hydrogen-bond donors (Lipinski definition) is 2. The molecule has 1 amide bonds. The summed E-state index contributed by atoms with van der Waals surface area (Å²) in [5.41, 5.74) is 2.09. The lowest BCUT2D eigenvalue weighted by molar-refractivity contribution is 0.101. The molecule has 2 aromatic rings. The van der Waals surface area contributed by atoms with Crippen LogP contribution in [0.2, 0.25) is 0 Å². The number of carbonyl (C=O) groups excluding carboxylic acids is 1. The van der Waals surface area contributed by atoms with Crippen LogP contribution in [0, 0.1) is 0 Å². The molecule has 0 radical (unpaired) electrons. The summed E-state index contributed by atoms with van der Waals surface area (Å²) in [6, 6.07) is 8.18. The highest BCUT2D eigenvalue weighted by molar-refractivity contribution is 6.03. The van der Waals surface area contributed by atoms with Crippen LogP contribution in [0.1, 0.15) is 30.0 Å². The summed E-state index contributed by atoms with van der Waals surface area (Å²) < 4.78 is 1.69. The minimum absolute atomic E-state index is 0.171. The van der Waals surface area contributed by atoms with E-state index in [0.717, 1.165) is 12.1 Å². The third-order valence-corrected chi connectivity index (χ3v) is 2.85. The van der Waals surface area contributed by atoms with E-state index in [1.165, 1.54) is 12.1 Å². The molecule has 1 aromatic heterocycles. The molecule has 0 aliphatic heterocycles. The number of rotatable bonds is 4. The monoisotopic (exact) mass is 259 g/mol. The Hall–Kier alpha value is -2.30. The van der Waals surface area contributed by atoms with Crippen molar-refractivity contribution in [3.05, 3.63) is 41.7 Å². The van der Waals surface area contributed by atoms with Crippen molar-refractivity contribution in [3.63, 3.8) is 0 Å². The fraction of sp³-hybridized carbons (Fsp3) is 0.286. The van der Waals surface area contributed by atoms with Crippen molar-refractivity contribution >= 4 is 11.6 Å². The fourth-order valence-corrected chi connectivity index (χ4v) is 1.81. The second-order valence-electron chi connectivity index (χ2n) is 4.19. The zero-order chi connectivity index (χ0) is 13.8. The van der Waals surface area contributed by atoms with Gasteiger partial charge in [-0.3, -0.25) is 9.48 Å². The van der Waals surface area contributed by atoms with Crippen LogP contribution in [0.3, 0.4) is 0 Å². The number of carbonyl (C=O) groups is 1. The first-order valence-corrected chi connectivity index (χ1v) is 6.31. The molecular weight excluding hydrogens is 242 g/mol. The Morgan fingerprint density at radius 2 is 2.00 bits per heavy atom. The number of phenolic OH excluding ortho intramolecular Hbond substituents is 1. The molecule has 1 aromatic carbocycles. The zero-order valence-electron chi connectivity index (χ0n) is 11.1. The van der Waals surface area contributed by atoms with Crippen molar-refractivity contribution < 1.29 is 9.90 Å². The van der Waals surface area contributed by atoms with E-state index in [1.54, 1.807) is 22.9 Å². The van der Waals surface area contributed by atoms with Crippen molar-refractivity contribution in [1.29, 1.82) is 0 Å². The summed E-state index contributed by atoms with van der Waals surface area (Å²) in [6.45, 7) is 4.60. The zero-order valence-corrected chi connectivity index (χ0v) is 11.1. The topological polar surface area (TPSA) is 67.2 Å². The molecule has 1 heterocycles. The molecule has 0 spiro atoms. The van der Waals surface area contributed by atoms with Crippen molar-refractivity contribution in [1.82, 2.24) is 9.78 Å². The van der Waals surface area contributed by atoms with E-state index in [9.17, 15) is 9.90 Å². The first-order chi connectivity index (χ1) is 9.13. The first kappa shape index (κ1) is 13.1. The lowest BCUT2D eigenvalue weighted by atomic mass is 10.2. The van der Waals surface area contributed by atoms with Crippen molar-refractivity contribution in [2.24, 2.45) is 0 Å². The lowest BCUT2D eigenvalue weighted by Gasteiger charge is -2.06. The van der Waals surface area contributed by atoms with Gasteiger partial charge in [-0.2, -0.15) is 5.10 Å². The first-order valence-electron chi connectivity index (χ1n) is 6.31. The van der Waals surface area contributed by atoms with Crippen molar-refractivity contribution in [3.8, 4) is 5.75 Å². The highest BCUT2D eigenvalue weighted by Crippen LogP contribution is 2.15. The third kappa shape index (κ3) is 2.93. The second-order valence-corrected chi connectivity index (χ2v) is 4.19. The van der Waals surface area contributed by atoms with Gasteiger partial charge in [0.15, 0.2) is 0 Å². The average molecular weight is 259 g/mol. The molecule has 0 aliphatic carbocycles. The number of nitrogens with one attached hydrogen (secondary N) is 1. The number of aromatic hydroxyl groups is 1. The Balaban J connectivity index is 2.19. The summed E-state index contributed by atoms with van der Waals surface area (Å²) in [5, 5.41) is 16.3. The maximum atomic E-state index is 12.2. The number of amides is 1. The van der Waals surface area contributed by atoms with Gasteiger partial charge in [0.1, 0.15) is 11.4 Å². The molecule has 0 fully saturated rings. The van der Waals surface area contributed by atoms with Crippen LogP contribution in [0.25, 0.3) is 0 Å².